The number of aromatic amines is 1. The monoisotopic (exact) mass is 440 g/mol. The van der Waals surface area contributed by atoms with Gasteiger partial charge in [0.25, 0.3) is 6.20 Å². The minimum Gasteiger partial charge on any atom is -0.361 e. The quantitative estimate of drug-likeness (QED) is 0.448. The number of amides is 2. The zero-order valence-corrected chi connectivity index (χ0v) is 17.9. The maximum Gasteiger partial charge on any atom is 0.274 e. The second kappa shape index (κ2) is 9.71. The molecule has 170 valence electrons. The van der Waals surface area contributed by atoms with E-state index in [2.05, 4.69) is 15.6 Å². The maximum atomic E-state index is 13.2. The van der Waals surface area contributed by atoms with Crippen molar-refractivity contribution < 1.29 is 14.5 Å². The molecule has 32 heavy (non-hydrogen) atoms. The number of H-pyrrole nitrogens is 1. The molecule has 4 rings (SSSR count). The smallest absolute Gasteiger partial charge is 0.274 e. The van der Waals surface area contributed by atoms with Crippen molar-refractivity contribution in [3.05, 3.63) is 52.6 Å². The Morgan fingerprint density at radius 1 is 1.19 bits per heavy atom. The molecule has 1 atom stereocenters. The van der Waals surface area contributed by atoms with Crippen molar-refractivity contribution in [2.24, 2.45) is 0 Å². The summed E-state index contributed by atoms with van der Waals surface area (Å²) in [5, 5.41) is 18.2. The van der Waals surface area contributed by atoms with Gasteiger partial charge in [0.05, 0.1) is 11.5 Å². The summed E-state index contributed by atoms with van der Waals surface area (Å²) in [5.74, 6) is -0.0985. The van der Waals surface area contributed by atoms with Crippen LogP contribution in [-0.4, -0.2) is 63.7 Å². The number of rotatable bonds is 7. The van der Waals surface area contributed by atoms with Crippen LogP contribution in [0.3, 0.4) is 0 Å². The SMILES string of the molecule is O=C(CN1CCCC[C@H](N/C(=C\[N+](=O)[O-])Nc2ccc3[nH]ccc3c2)C1=O)N1CCCC1. The highest BCUT2D eigenvalue weighted by molar-refractivity contribution is 5.88. The van der Waals surface area contributed by atoms with Gasteiger partial charge >= 0.3 is 0 Å². The van der Waals surface area contributed by atoms with Crippen LogP contribution >= 0.6 is 0 Å². The van der Waals surface area contributed by atoms with Crippen LogP contribution in [0.2, 0.25) is 0 Å². The molecule has 1 aromatic heterocycles. The molecule has 10 nitrogen and oxygen atoms in total. The molecule has 0 bridgehead atoms. The van der Waals surface area contributed by atoms with E-state index in [4.69, 9.17) is 0 Å². The minimum atomic E-state index is -0.640. The average Bonchev–Trinajstić information content (AvgIpc) is 3.42. The summed E-state index contributed by atoms with van der Waals surface area (Å²) in [6, 6.07) is 6.83. The summed E-state index contributed by atoms with van der Waals surface area (Å²) >= 11 is 0. The van der Waals surface area contributed by atoms with Crippen LogP contribution in [0.4, 0.5) is 5.69 Å². The lowest BCUT2D eigenvalue weighted by atomic mass is 10.1. The Morgan fingerprint density at radius 2 is 1.97 bits per heavy atom. The van der Waals surface area contributed by atoms with Crippen molar-refractivity contribution in [2.45, 2.75) is 38.1 Å². The third kappa shape index (κ3) is 5.19. The lowest BCUT2D eigenvalue weighted by Crippen LogP contribution is -2.49. The molecular weight excluding hydrogens is 412 g/mol. The summed E-state index contributed by atoms with van der Waals surface area (Å²) in [6.45, 7) is 2.06. The van der Waals surface area contributed by atoms with E-state index in [0.717, 1.165) is 55.9 Å². The number of benzene rings is 1. The number of nitrogens with zero attached hydrogens (tertiary/aromatic N) is 3. The molecule has 2 saturated heterocycles. The lowest BCUT2D eigenvalue weighted by Gasteiger charge is -2.27. The number of carbonyl (C=O) groups is 2. The van der Waals surface area contributed by atoms with E-state index in [1.807, 2.05) is 30.5 Å². The van der Waals surface area contributed by atoms with Crippen molar-refractivity contribution in [1.82, 2.24) is 20.1 Å². The third-order valence-corrected chi connectivity index (χ3v) is 5.96. The molecule has 3 heterocycles. The zero-order chi connectivity index (χ0) is 22.5. The second-order valence-electron chi connectivity index (χ2n) is 8.27. The van der Waals surface area contributed by atoms with E-state index >= 15 is 0 Å². The fourth-order valence-corrected chi connectivity index (χ4v) is 4.31. The van der Waals surface area contributed by atoms with Crippen molar-refractivity contribution in [2.75, 3.05) is 31.5 Å². The Hall–Kier alpha value is -3.56. The fourth-order valence-electron chi connectivity index (χ4n) is 4.31. The number of hydrogen-bond acceptors (Lipinski definition) is 6. The number of aromatic nitrogens is 1. The van der Waals surface area contributed by atoms with Gasteiger partial charge in [-0.3, -0.25) is 19.7 Å². The van der Waals surface area contributed by atoms with Crippen LogP contribution in [0.5, 0.6) is 0 Å². The Bertz CT molecular complexity index is 1030. The molecule has 3 N–H and O–H groups in total. The maximum absolute atomic E-state index is 13.2. The Morgan fingerprint density at radius 3 is 2.75 bits per heavy atom. The van der Waals surface area contributed by atoms with Crippen molar-refractivity contribution in [3.63, 3.8) is 0 Å². The highest BCUT2D eigenvalue weighted by atomic mass is 16.6. The fraction of sp³-hybridized carbons (Fsp3) is 0.455. The second-order valence-corrected chi connectivity index (χ2v) is 8.27. The van der Waals surface area contributed by atoms with Gasteiger partial charge in [-0.1, -0.05) is 0 Å². The molecule has 0 saturated carbocycles. The van der Waals surface area contributed by atoms with E-state index < -0.39 is 11.0 Å². The summed E-state index contributed by atoms with van der Waals surface area (Å²) in [6.07, 6.45) is 6.78. The number of carbonyl (C=O) groups excluding carboxylic acids is 2. The Balaban J connectivity index is 1.46. The number of hydrogen-bond donors (Lipinski definition) is 3. The highest BCUT2D eigenvalue weighted by Gasteiger charge is 2.30. The predicted molar refractivity (Wildman–Crippen MR) is 120 cm³/mol. The van der Waals surface area contributed by atoms with E-state index in [1.165, 1.54) is 0 Å². The Kier molecular flexibility index (Phi) is 6.58. The van der Waals surface area contributed by atoms with Gasteiger partial charge < -0.3 is 25.4 Å². The number of likely N-dealkylation sites (tertiary alicyclic amines) is 2. The first kappa shape index (κ1) is 21.7. The molecule has 0 aliphatic carbocycles. The number of nitrogens with one attached hydrogen (secondary N) is 3. The molecule has 2 aliphatic rings. The minimum absolute atomic E-state index is 0.0320. The van der Waals surface area contributed by atoms with Gasteiger partial charge in [0.1, 0.15) is 6.04 Å². The predicted octanol–water partition coefficient (Wildman–Crippen LogP) is 2.25. The summed E-state index contributed by atoms with van der Waals surface area (Å²) in [5.41, 5.74) is 1.63. The molecule has 2 aromatic rings. The van der Waals surface area contributed by atoms with E-state index in [9.17, 15) is 19.7 Å². The van der Waals surface area contributed by atoms with Crippen LogP contribution < -0.4 is 10.6 Å². The van der Waals surface area contributed by atoms with Crippen molar-refractivity contribution in [3.8, 4) is 0 Å². The van der Waals surface area contributed by atoms with Crippen molar-refractivity contribution >= 4 is 28.4 Å². The van der Waals surface area contributed by atoms with E-state index in [0.29, 0.717) is 18.7 Å². The first-order valence-corrected chi connectivity index (χ1v) is 11.0. The van der Waals surface area contributed by atoms with Gasteiger partial charge in [0, 0.05) is 42.4 Å². The summed E-state index contributed by atoms with van der Waals surface area (Å²) < 4.78 is 0. The molecule has 0 unspecified atom stereocenters. The van der Waals surface area contributed by atoms with Crippen LogP contribution in [0.25, 0.3) is 10.9 Å². The third-order valence-electron chi connectivity index (χ3n) is 5.96. The van der Waals surface area contributed by atoms with E-state index in [1.54, 1.807) is 9.80 Å². The van der Waals surface area contributed by atoms with Crippen LogP contribution in [0.15, 0.2) is 42.5 Å². The van der Waals surface area contributed by atoms with Gasteiger partial charge in [-0.2, -0.15) is 0 Å². The lowest BCUT2D eigenvalue weighted by molar-refractivity contribution is -0.403. The molecule has 2 amide bonds. The molecule has 2 aliphatic heterocycles. The van der Waals surface area contributed by atoms with Gasteiger partial charge in [0.15, 0.2) is 5.82 Å². The topological polar surface area (TPSA) is 124 Å². The van der Waals surface area contributed by atoms with Crippen molar-refractivity contribution in [1.29, 1.82) is 0 Å². The molecule has 0 spiro atoms. The summed E-state index contributed by atoms with van der Waals surface area (Å²) in [4.78, 5) is 42.9. The molecule has 2 fully saturated rings. The average molecular weight is 441 g/mol. The van der Waals surface area contributed by atoms with Gasteiger partial charge in [-0.25, -0.2) is 0 Å². The Labute approximate surface area is 185 Å². The normalized spacial score (nSPS) is 19.8. The van der Waals surface area contributed by atoms with Gasteiger partial charge in [-0.15, -0.1) is 0 Å². The van der Waals surface area contributed by atoms with Gasteiger partial charge in [-0.05, 0) is 56.4 Å². The first-order valence-electron chi connectivity index (χ1n) is 11.0. The molecule has 10 heteroatoms. The van der Waals surface area contributed by atoms with Crippen LogP contribution in [0, 0.1) is 10.1 Å². The summed E-state index contributed by atoms with van der Waals surface area (Å²) in [7, 11) is 0. The molecule has 1 aromatic carbocycles. The van der Waals surface area contributed by atoms with Gasteiger partial charge in [0.2, 0.25) is 11.8 Å². The zero-order valence-electron chi connectivity index (χ0n) is 17.9. The standard InChI is InChI=1S/C22H28N6O4/c29-21(26-10-3-4-11-26)15-27-12-2-1-5-19(22(27)30)25-20(14-28(31)32)24-17-6-7-18-16(13-17)8-9-23-18/h6-9,13-14,19,23-25H,1-5,10-12,15H2/b20-14-/t19-/m0/s1. The number of anilines is 1. The van der Waals surface area contributed by atoms with Crippen LogP contribution in [0.1, 0.15) is 32.1 Å². The number of fused-ring (bicyclic) bond motifs is 1. The molecule has 0 radical (unpaired) electrons. The van der Waals surface area contributed by atoms with Crippen LogP contribution in [-0.2, 0) is 9.59 Å². The highest BCUT2D eigenvalue weighted by Crippen LogP contribution is 2.20. The first-order chi connectivity index (χ1) is 15.5. The number of nitro groups is 1. The molecular formula is C22H28N6O4. The van der Waals surface area contributed by atoms with E-state index in [-0.39, 0.29) is 24.2 Å². The largest absolute Gasteiger partial charge is 0.361 e.